The Hall–Kier alpha value is -5.61. The van der Waals surface area contributed by atoms with Crippen LogP contribution in [0.2, 0.25) is 0 Å². The van der Waals surface area contributed by atoms with Crippen LogP contribution in [-0.4, -0.2) is 65.1 Å². The number of ether oxygens (including phenoxy) is 2. The minimum Gasteiger partial charge on any atom is -0.457 e. The second kappa shape index (κ2) is 12.1. The van der Waals surface area contributed by atoms with E-state index in [1.165, 1.54) is 28.0 Å². The van der Waals surface area contributed by atoms with Crippen LogP contribution in [0.25, 0.3) is 0 Å². The van der Waals surface area contributed by atoms with Gasteiger partial charge in [-0.1, -0.05) is 36.4 Å². The van der Waals surface area contributed by atoms with E-state index in [-0.39, 0.29) is 59.2 Å². The number of hydrogen-bond donors (Lipinski definition) is 1. The average Bonchev–Trinajstić information content (AvgIpc) is 3.74. The van der Waals surface area contributed by atoms with Crippen molar-refractivity contribution in [2.24, 2.45) is 0 Å². The molecule has 0 aromatic heterocycles. The molecule has 0 aliphatic carbocycles. The Labute approximate surface area is 264 Å². The first-order chi connectivity index (χ1) is 22.4. The van der Waals surface area contributed by atoms with Gasteiger partial charge in [-0.05, 0) is 73.4 Å². The summed E-state index contributed by atoms with van der Waals surface area (Å²) in [5, 5.41) is 2.81. The predicted molar refractivity (Wildman–Crippen MR) is 167 cm³/mol. The second-order valence-electron chi connectivity index (χ2n) is 11.4. The number of benzene rings is 4. The van der Waals surface area contributed by atoms with E-state index in [0.29, 0.717) is 35.8 Å². The summed E-state index contributed by atoms with van der Waals surface area (Å²) in [4.78, 5) is 67.5. The monoisotopic (exact) mass is 615 g/mol. The summed E-state index contributed by atoms with van der Waals surface area (Å²) in [5.74, 6) is -1.22. The summed E-state index contributed by atoms with van der Waals surface area (Å²) < 4.78 is 11.6. The molecule has 0 saturated carbocycles. The van der Waals surface area contributed by atoms with Crippen LogP contribution in [0.4, 0.5) is 5.69 Å². The van der Waals surface area contributed by atoms with E-state index in [2.05, 4.69) is 5.32 Å². The number of carbonyl (C=O) groups excluding carboxylic acids is 5. The SMILES string of the molecule is O=C(Nc1cccc(Oc2ccc3c(c2)C(=O)N(CC2CCCO2)C3=O)c1)c1ccc2c(c1)C(=O)N(CCc1ccccc1)C2=O. The van der Waals surface area contributed by atoms with E-state index in [1.807, 2.05) is 30.3 Å². The van der Waals surface area contributed by atoms with Gasteiger partial charge in [0.05, 0.1) is 34.9 Å². The number of imide groups is 2. The van der Waals surface area contributed by atoms with Crippen molar-refractivity contribution in [3.8, 4) is 11.5 Å². The summed E-state index contributed by atoms with van der Waals surface area (Å²) in [7, 11) is 0. The number of fused-ring (bicyclic) bond motifs is 2. The van der Waals surface area contributed by atoms with Crippen molar-refractivity contribution in [2.75, 3.05) is 25.0 Å². The molecule has 3 heterocycles. The van der Waals surface area contributed by atoms with Crippen molar-refractivity contribution in [2.45, 2.75) is 25.4 Å². The molecule has 0 radical (unpaired) electrons. The molecule has 1 N–H and O–H groups in total. The van der Waals surface area contributed by atoms with E-state index < -0.39 is 11.8 Å². The Morgan fingerprint density at radius 3 is 2.22 bits per heavy atom. The maximum Gasteiger partial charge on any atom is 0.261 e. The largest absolute Gasteiger partial charge is 0.457 e. The van der Waals surface area contributed by atoms with Gasteiger partial charge >= 0.3 is 0 Å². The van der Waals surface area contributed by atoms with Gasteiger partial charge in [-0.15, -0.1) is 0 Å². The van der Waals surface area contributed by atoms with Crippen molar-refractivity contribution in [1.29, 1.82) is 0 Å². The molecule has 0 bridgehead atoms. The summed E-state index contributed by atoms with van der Waals surface area (Å²) in [6.07, 6.45) is 2.11. The number of nitrogens with one attached hydrogen (secondary N) is 1. The van der Waals surface area contributed by atoms with Gasteiger partial charge in [-0.2, -0.15) is 0 Å². The lowest BCUT2D eigenvalue weighted by atomic mass is 10.1. The zero-order chi connectivity index (χ0) is 31.8. The summed E-state index contributed by atoms with van der Waals surface area (Å²) in [6, 6.07) is 25.5. The fraction of sp³-hybridized carbons (Fsp3) is 0.194. The first kappa shape index (κ1) is 29.1. The minimum absolute atomic E-state index is 0.143. The standard InChI is InChI=1S/C36H29N3O7/c40-32(23-11-13-28-30(18-23)35(43)38(33(28)41)16-15-22-6-2-1-3-7-22)37-24-8-4-9-25(19-24)46-26-12-14-29-31(20-26)36(44)39(34(29)42)21-27-10-5-17-45-27/h1-4,6-9,11-14,18-20,27H,5,10,15-17,21H2,(H,37,40). The van der Waals surface area contributed by atoms with Crippen molar-refractivity contribution in [3.05, 3.63) is 124 Å². The molecule has 7 rings (SSSR count). The minimum atomic E-state index is -0.462. The van der Waals surface area contributed by atoms with Gasteiger partial charge in [0.15, 0.2) is 0 Å². The molecule has 1 fully saturated rings. The molecule has 1 unspecified atom stereocenters. The van der Waals surface area contributed by atoms with Crippen LogP contribution in [0, 0.1) is 0 Å². The van der Waals surface area contributed by atoms with Crippen LogP contribution < -0.4 is 10.1 Å². The van der Waals surface area contributed by atoms with Crippen molar-refractivity contribution >= 4 is 35.2 Å². The lowest BCUT2D eigenvalue weighted by molar-refractivity contribution is 0.0474. The normalized spacial score (nSPS) is 17.0. The third kappa shape index (κ3) is 5.54. The maximum absolute atomic E-state index is 13.2. The Kier molecular flexibility index (Phi) is 7.63. The molecule has 1 saturated heterocycles. The molecule has 4 aromatic carbocycles. The lowest BCUT2D eigenvalue weighted by Gasteiger charge is -2.17. The van der Waals surface area contributed by atoms with Crippen LogP contribution >= 0.6 is 0 Å². The Bertz CT molecular complexity index is 1900. The molecule has 5 amide bonds. The molecule has 3 aliphatic heterocycles. The molecule has 10 nitrogen and oxygen atoms in total. The van der Waals surface area contributed by atoms with Gasteiger partial charge in [-0.25, -0.2) is 0 Å². The highest BCUT2D eigenvalue weighted by Gasteiger charge is 2.38. The zero-order valence-corrected chi connectivity index (χ0v) is 24.7. The van der Waals surface area contributed by atoms with E-state index >= 15 is 0 Å². The van der Waals surface area contributed by atoms with Gasteiger partial charge in [-0.3, -0.25) is 33.8 Å². The molecule has 230 valence electrons. The maximum atomic E-state index is 13.2. The van der Waals surface area contributed by atoms with E-state index in [9.17, 15) is 24.0 Å². The first-order valence-electron chi connectivity index (χ1n) is 15.1. The van der Waals surface area contributed by atoms with Gasteiger partial charge in [0.2, 0.25) is 0 Å². The summed E-state index contributed by atoms with van der Waals surface area (Å²) in [5.41, 5.74) is 2.74. The molecule has 46 heavy (non-hydrogen) atoms. The second-order valence-corrected chi connectivity index (χ2v) is 11.4. The molecular weight excluding hydrogens is 586 g/mol. The zero-order valence-electron chi connectivity index (χ0n) is 24.7. The quantitative estimate of drug-likeness (QED) is 0.252. The van der Waals surface area contributed by atoms with E-state index in [0.717, 1.165) is 18.4 Å². The van der Waals surface area contributed by atoms with Gasteiger partial charge in [0.25, 0.3) is 29.5 Å². The van der Waals surface area contributed by atoms with Crippen LogP contribution in [0.1, 0.15) is 70.2 Å². The lowest BCUT2D eigenvalue weighted by Crippen LogP contribution is -2.36. The Morgan fingerprint density at radius 1 is 0.739 bits per heavy atom. The number of anilines is 1. The summed E-state index contributed by atoms with van der Waals surface area (Å²) >= 11 is 0. The fourth-order valence-electron chi connectivity index (χ4n) is 5.99. The van der Waals surface area contributed by atoms with E-state index in [1.54, 1.807) is 42.5 Å². The van der Waals surface area contributed by atoms with E-state index in [4.69, 9.17) is 9.47 Å². The highest BCUT2D eigenvalue weighted by molar-refractivity contribution is 6.22. The van der Waals surface area contributed by atoms with Gasteiger partial charge < -0.3 is 14.8 Å². The van der Waals surface area contributed by atoms with Crippen LogP contribution in [0.3, 0.4) is 0 Å². The average molecular weight is 616 g/mol. The fourth-order valence-corrected chi connectivity index (χ4v) is 5.99. The van der Waals surface area contributed by atoms with Crippen molar-refractivity contribution in [1.82, 2.24) is 9.80 Å². The van der Waals surface area contributed by atoms with Crippen molar-refractivity contribution in [3.63, 3.8) is 0 Å². The topological polar surface area (TPSA) is 122 Å². The van der Waals surface area contributed by atoms with Crippen LogP contribution in [-0.2, 0) is 11.2 Å². The third-order valence-electron chi connectivity index (χ3n) is 8.38. The number of carbonyl (C=O) groups is 5. The Morgan fingerprint density at radius 2 is 1.43 bits per heavy atom. The molecular formula is C36H29N3O7. The number of amides is 5. The highest BCUT2D eigenvalue weighted by atomic mass is 16.5. The van der Waals surface area contributed by atoms with Gasteiger partial charge in [0, 0.05) is 30.5 Å². The smallest absolute Gasteiger partial charge is 0.261 e. The molecule has 10 heteroatoms. The summed E-state index contributed by atoms with van der Waals surface area (Å²) in [6.45, 7) is 1.10. The molecule has 3 aliphatic rings. The molecule has 4 aromatic rings. The molecule has 0 spiro atoms. The Balaban J connectivity index is 1.01. The third-order valence-corrected chi connectivity index (χ3v) is 8.38. The van der Waals surface area contributed by atoms with Crippen molar-refractivity contribution < 1.29 is 33.4 Å². The number of nitrogens with zero attached hydrogens (tertiary/aromatic N) is 2. The predicted octanol–water partition coefficient (Wildman–Crippen LogP) is 5.34. The number of hydrogen-bond acceptors (Lipinski definition) is 7. The first-order valence-corrected chi connectivity index (χ1v) is 15.1. The highest BCUT2D eigenvalue weighted by Crippen LogP contribution is 2.32. The molecule has 1 atom stereocenters. The van der Waals surface area contributed by atoms with Crippen LogP contribution in [0.5, 0.6) is 11.5 Å². The van der Waals surface area contributed by atoms with Crippen LogP contribution in [0.15, 0.2) is 91.0 Å². The number of rotatable bonds is 9. The van der Waals surface area contributed by atoms with Gasteiger partial charge in [0.1, 0.15) is 11.5 Å².